The number of nitrogens with zero attached hydrogens (tertiary/aromatic N) is 1. The first-order valence-corrected chi connectivity index (χ1v) is 7.95. The number of aryl methyl sites for hydroxylation is 1. The van der Waals surface area contributed by atoms with Crippen LogP contribution in [0.4, 0.5) is 0 Å². The lowest BCUT2D eigenvalue weighted by atomic mass is 10.1. The van der Waals surface area contributed by atoms with Gasteiger partial charge in [0.1, 0.15) is 11.5 Å². The predicted molar refractivity (Wildman–Crippen MR) is 98.6 cm³/mol. The van der Waals surface area contributed by atoms with E-state index in [1.165, 1.54) is 16.5 Å². The van der Waals surface area contributed by atoms with Crippen molar-refractivity contribution in [3.8, 4) is 17.2 Å². The van der Waals surface area contributed by atoms with Gasteiger partial charge in [0, 0.05) is 16.5 Å². The third-order valence-corrected chi connectivity index (χ3v) is 4.46. The lowest BCUT2D eigenvalue weighted by Crippen LogP contribution is -1.94. The summed E-state index contributed by atoms with van der Waals surface area (Å²) in [5.74, 6) is 1.75. The molecule has 0 saturated carbocycles. The van der Waals surface area contributed by atoms with Crippen molar-refractivity contribution >= 4 is 21.8 Å². The van der Waals surface area contributed by atoms with Crippen LogP contribution < -0.4 is 9.47 Å². The van der Waals surface area contributed by atoms with E-state index in [9.17, 15) is 0 Å². The number of ether oxygens (including phenoxy) is 2. The molecule has 3 nitrogen and oxygen atoms in total. The molecule has 4 rings (SSSR count). The van der Waals surface area contributed by atoms with E-state index < -0.39 is 0 Å². The van der Waals surface area contributed by atoms with Gasteiger partial charge < -0.3 is 14.0 Å². The van der Waals surface area contributed by atoms with E-state index in [4.69, 9.17) is 9.47 Å². The van der Waals surface area contributed by atoms with E-state index in [0.29, 0.717) is 0 Å². The molecule has 24 heavy (non-hydrogen) atoms. The molecular formula is C21H19NO2. The van der Waals surface area contributed by atoms with E-state index in [1.807, 2.05) is 24.3 Å². The number of benzene rings is 3. The van der Waals surface area contributed by atoms with Gasteiger partial charge in [-0.3, -0.25) is 0 Å². The first kappa shape index (κ1) is 14.6. The molecule has 0 bridgehead atoms. The summed E-state index contributed by atoms with van der Waals surface area (Å²) in [5.41, 5.74) is 4.65. The number of rotatable bonds is 3. The van der Waals surface area contributed by atoms with Crippen LogP contribution in [-0.4, -0.2) is 18.8 Å². The van der Waals surface area contributed by atoms with Gasteiger partial charge in [-0.25, -0.2) is 0 Å². The van der Waals surface area contributed by atoms with Crippen LogP contribution in [0.5, 0.6) is 11.5 Å². The monoisotopic (exact) mass is 317 g/mol. The minimum absolute atomic E-state index is 0.855. The third kappa shape index (κ3) is 2.13. The first-order valence-electron chi connectivity index (χ1n) is 7.95. The van der Waals surface area contributed by atoms with Crippen molar-refractivity contribution < 1.29 is 9.47 Å². The van der Waals surface area contributed by atoms with Crippen molar-refractivity contribution in [3.63, 3.8) is 0 Å². The Balaban J connectivity index is 2.12. The Morgan fingerprint density at radius 3 is 2.29 bits per heavy atom. The maximum absolute atomic E-state index is 5.63. The van der Waals surface area contributed by atoms with Crippen molar-refractivity contribution in [3.05, 3.63) is 66.2 Å². The van der Waals surface area contributed by atoms with Crippen molar-refractivity contribution in [1.29, 1.82) is 0 Å². The Kier molecular flexibility index (Phi) is 3.42. The van der Waals surface area contributed by atoms with E-state index in [1.54, 1.807) is 14.2 Å². The lowest BCUT2D eigenvalue weighted by Gasteiger charge is -2.09. The van der Waals surface area contributed by atoms with E-state index in [2.05, 4.69) is 47.9 Å². The highest BCUT2D eigenvalue weighted by Gasteiger charge is 2.15. The van der Waals surface area contributed by atoms with E-state index >= 15 is 0 Å². The van der Waals surface area contributed by atoms with Crippen LogP contribution >= 0.6 is 0 Å². The van der Waals surface area contributed by atoms with Gasteiger partial charge in [0.05, 0.1) is 25.3 Å². The fourth-order valence-electron chi connectivity index (χ4n) is 3.33. The maximum Gasteiger partial charge on any atom is 0.128 e. The van der Waals surface area contributed by atoms with Gasteiger partial charge in [-0.15, -0.1) is 0 Å². The fourth-order valence-corrected chi connectivity index (χ4v) is 3.33. The zero-order valence-electron chi connectivity index (χ0n) is 14.0. The SMILES string of the molecule is COc1ccc(-n2c3ccc(C)cc3c3c(OC)cccc32)cc1. The number of hydrogen-bond donors (Lipinski definition) is 0. The van der Waals surface area contributed by atoms with Crippen molar-refractivity contribution in [2.75, 3.05) is 14.2 Å². The van der Waals surface area contributed by atoms with Crippen LogP contribution in [0.15, 0.2) is 60.7 Å². The summed E-state index contributed by atoms with van der Waals surface area (Å²) in [4.78, 5) is 0. The highest BCUT2D eigenvalue weighted by molar-refractivity contribution is 6.12. The molecule has 0 N–H and O–H groups in total. The predicted octanol–water partition coefficient (Wildman–Crippen LogP) is 5.11. The maximum atomic E-state index is 5.63. The second-order valence-electron chi connectivity index (χ2n) is 5.91. The number of fused-ring (bicyclic) bond motifs is 3. The molecule has 0 aliphatic heterocycles. The molecule has 0 saturated heterocycles. The normalized spacial score (nSPS) is 11.1. The van der Waals surface area contributed by atoms with Crippen molar-refractivity contribution in [2.45, 2.75) is 6.92 Å². The molecule has 1 heterocycles. The largest absolute Gasteiger partial charge is 0.497 e. The van der Waals surface area contributed by atoms with Gasteiger partial charge in [-0.05, 0) is 55.5 Å². The molecule has 0 radical (unpaired) electrons. The zero-order valence-corrected chi connectivity index (χ0v) is 14.0. The van der Waals surface area contributed by atoms with Gasteiger partial charge in [0.25, 0.3) is 0 Å². The Hall–Kier alpha value is -2.94. The van der Waals surface area contributed by atoms with Crippen LogP contribution in [0, 0.1) is 6.92 Å². The summed E-state index contributed by atoms with van der Waals surface area (Å²) in [6, 6.07) is 20.9. The summed E-state index contributed by atoms with van der Waals surface area (Å²) in [7, 11) is 3.41. The summed E-state index contributed by atoms with van der Waals surface area (Å²) in [6.07, 6.45) is 0. The van der Waals surface area contributed by atoms with Crippen LogP contribution in [0.25, 0.3) is 27.5 Å². The number of aromatic nitrogens is 1. The van der Waals surface area contributed by atoms with Gasteiger partial charge in [-0.1, -0.05) is 17.7 Å². The van der Waals surface area contributed by atoms with Crippen molar-refractivity contribution in [1.82, 2.24) is 4.57 Å². The Morgan fingerprint density at radius 2 is 1.58 bits per heavy atom. The summed E-state index contributed by atoms with van der Waals surface area (Å²) < 4.78 is 13.2. The topological polar surface area (TPSA) is 23.4 Å². The summed E-state index contributed by atoms with van der Waals surface area (Å²) in [5, 5.41) is 2.35. The average Bonchev–Trinajstić information content (AvgIpc) is 2.95. The van der Waals surface area contributed by atoms with Crippen LogP contribution in [0.3, 0.4) is 0 Å². The zero-order chi connectivity index (χ0) is 16.7. The van der Waals surface area contributed by atoms with E-state index in [0.717, 1.165) is 28.1 Å². The molecule has 3 aromatic carbocycles. The van der Waals surface area contributed by atoms with Gasteiger partial charge >= 0.3 is 0 Å². The highest BCUT2D eigenvalue weighted by Crippen LogP contribution is 2.38. The molecule has 4 aromatic rings. The van der Waals surface area contributed by atoms with Crippen LogP contribution in [0.2, 0.25) is 0 Å². The molecule has 0 amide bonds. The lowest BCUT2D eigenvalue weighted by molar-refractivity contribution is 0.415. The standard InChI is InChI=1S/C21H19NO2/c1-14-7-12-18-17(13-14)21-19(5-4-6-20(21)24-3)22(18)15-8-10-16(23-2)11-9-15/h4-13H,1-3H3. The molecule has 3 heteroatoms. The highest BCUT2D eigenvalue weighted by atomic mass is 16.5. The first-order chi connectivity index (χ1) is 11.7. The molecule has 1 aromatic heterocycles. The smallest absolute Gasteiger partial charge is 0.128 e. The van der Waals surface area contributed by atoms with Gasteiger partial charge in [0.15, 0.2) is 0 Å². The van der Waals surface area contributed by atoms with Crippen LogP contribution in [-0.2, 0) is 0 Å². The molecule has 0 unspecified atom stereocenters. The molecule has 0 aliphatic carbocycles. The Bertz CT molecular complexity index is 1030. The second kappa shape index (κ2) is 5.60. The number of hydrogen-bond acceptors (Lipinski definition) is 2. The second-order valence-corrected chi connectivity index (χ2v) is 5.91. The molecule has 0 spiro atoms. The molecule has 0 fully saturated rings. The van der Waals surface area contributed by atoms with Gasteiger partial charge in [-0.2, -0.15) is 0 Å². The van der Waals surface area contributed by atoms with E-state index in [-0.39, 0.29) is 0 Å². The van der Waals surface area contributed by atoms with Crippen LogP contribution in [0.1, 0.15) is 5.56 Å². The molecule has 0 aliphatic rings. The molecular weight excluding hydrogens is 298 g/mol. The molecule has 120 valence electrons. The Labute approximate surface area is 141 Å². The Morgan fingerprint density at radius 1 is 0.792 bits per heavy atom. The fraction of sp³-hybridized carbons (Fsp3) is 0.143. The molecule has 0 atom stereocenters. The summed E-state index contributed by atoms with van der Waals surface area (Å²) in [6.45, 7) is 2.12. The quantitative estimate of drug-likeness (QED) is 0.524. The third-order valence-electron chi connectivity index (χ3n) is 4.46. The summed E-state index contributed by atoms with van der Waals surface area (Å²) >= 11 is 0. The number of methoxy groups -OCH3 is 2. The van der Waals surface area contributed by atoms with Crippen molar-refractivity contribution in [2.24, 2.45) is 0 Å². The van der Waals surface area contributed by atoms with Gasteiger partial charge in [0.2, 0.25) is 0 Å². The minimum atomic E-state index is 0.855. The average molecular weight is 317 g/mol. The minimum Gasteiger partial charge on any atom is -0.497 e.